The van der Waals surface area contributed by atoms with Crippen molar-refractivity contribution in [3.05, 3.63) is 60.8 Å². The zero-order valence-electron chi connectivity index (χ0n) is 47.9. The lowest BCUT2D eigenvalue weighted by Gasteiger charge is -2.18. The average molecular weight is 1010 g/mol. The molecule has 0 aliphatic rings. The smallest absolute Gasteiger partial charge is 0.309 e. The second kappa shape index (κ2) is 60.7. The molecule has 0 saturated carbocycles. The normalized spacial score (nSPS) is 12.4. The molecule has 0 aromatic carbocycles. The Morgan fingerprint density at radius 1 is 0.292 bits per heavy atom. The summed E-state index contributed by atoms with van der Waals surface area (Å²) in [6, 6.07) is 0. The minimum Gasteiger partial charge on any atom is -0.462 e. The number of carbonyl (C=O) groups excluding carboxylic acids is 3. The largest absolute Gasteiger partial charge is 0.462 e. The van der Waals surface area contributed by atoms with Gasteiger partial charge in [-0.1, -0.05) is 319 Å². The highest BCUT2D eigenvalue weighted by Crippen LogP contribution is 2.18. The van der Waals surface area contributed by atoms with Crippen LogP contribution in [0.2, 0.25) is 0 Å². The second-order valence-corrected chi connectivity index (χ2v) is 21.0. The summed E-state index contributed by atoms with van der Waals surface area (Å²) in [5.41, 5.74) is 0. The predicted octanol–water partition coefficient (Wildman–Crippen LogP) is 21.2. The van der Waals surface area contributed by atoms with E-state index < -0.39 is 12.1 Å². The van der Waals surface area contributed by atoms with Crippen LogP contribution in [0, 0.1) is 0 Å². The van der Waals surface area contributed by atoms with E-state index in [1.807, 2.05) is 6.08 Å². The minimum absolute atomic E-state index is 0.0993. The summed E-state index contributed by atoms with van der Waals surface area (Å²) in [7, 11) is 0. The Morgan fingerprint density at radius 2 is 0.542 bits per heavy atom. The molecule has 0 rings (SSSR count). The van der Waals surface area contributed by atoms with E-state index in [4.69, 9.17) is 14.2 Å². The van der Waals surface area contributed by atoms with E-state index in [9.17, 15) is 14.4 Å². The van der Waals surface area contributed by atoms with Gasteiger partial charge in [0.2, 0.25) is 0 Å². The molecule has 1 unspecified atom stereocenters. The van der Waals surface area contributed by atoms with Gasteiger partial charge in [-0.15, -0.1) is 0 Å². The van der Waals surface area contributed by atoms with Crippen LogP contribution in [0.25, 0.3) is 0 Å². The van der Waals surface area contributed by atoms with Crippen molar-refractivity contribution in [2.75, 3.05) is 13.2 Å². The van der Waals surface area contributed by atoms with E-state index in [2.05, 4.69) is 69.4 Å². The first-order valence-corrected chi connectivity index (χ1v) is 31.3. The molecule has 0 amide bonds. The fourth-order valence-electron chi connectivity index (χ4n) is 9.17. The van der Waals surface area contributed by atoms with Crippen molar-refractivity contribution in [1.82, 2.24) is 0 Å². The van der Waals surface area contributed by atoms with Crippen molar-refractivity contribution < 1.29 is 28.6 Å². The molecular formula is C66H118O6. The van der Waals surface area contributed by atoms with Gasteiger partial charge in [-0.25, -0.2) is 0 Å². The lowest BCUT2D eigenvalue weighted by atomic mass is 10.0. The van der Waals surface area contributed by atoms with E-state index in [1.54, 1.807) is 6.08 Å². The number of esters is 3. The molecule has 0 spiro atoms. The Labute approximate surface area is 447 Å². The molecule has 0 radical (unpaired) electrons. The van der Waals surface area contributed by atoms with E-state index in [0.717, 1.165) is 70.6 Å². The summed E-state index contributed by atoms with van der Waals surface area (Å²) < 4.78 is 16.8. The first kappa shape index (κ1) is 69.1. The zero-order valence-corrected chi connectivity index (χ0v) is 47.9. The number of hydrogen-bond acceptors (Lipinski definition) is 6. The molecule has 418 valence electrons. The van der Waals surface area contributed by atoms with Gasteiger partial charge in [-0.2, -0.15) is 0 Å². The van der Waals surface area contributed by atoms with Crippen LogP contribution in [0.5, 0.6) is 0 Å². The van der Waals surface area contributed by atoms with Gasteiger partial charge in [0.25, 0.3) is 0 Å². The van der Waals surface area contributed by atoms with E-state index in [1.165, 1.54) is 212 Å². The Kier molecular flexibility index (Phi) is 58.2. The first-order chi connectivity index (χ1) is 35.5. The Bertz CT molecular complexity index is 1290. The Balaban J connectivity index is 4.37. The zero-order chi connectivity index (χ0) is 52.2. The molecule has 0 aromatic heterocycles. The van der Waals surface area contributed by atoms with E-state index in [-0.39, 0.29) is 31.6 Å². The number of carbonyl (C=O) groups is 3. The SMILES string of the molecule is CC/C=C\C/C=C\C/C=C\C/C=C\C/C=C\CC(=O)OCC(COC(=O)CCCCCCCCCCCCCCCCCCCCCCCC)OC(=O)CCCCCCCCCCCCCCCCCCC. The van der Waals surface area contributed by atoms with Crippen LogP contribution in [0.15, 0.2) is 60.8 Å². The number of hydrogen-bond donors (Lipinski definition) is 0. The van der Waals surface area contributed by atoms with Crippen molar-refractivity contribution in [3.8, 4) is 0 Å². The van der Waals surface area contributed by atoms with Crippen molar-refractivity contribution >= 4 is 17.9 Å². The molecule has 0 aromatic rings. The van der Waals surface area contributed by atoms with Gasteiger partial charge in [0.15, 0.2) is 6.10 Å². The minimum atomic E-state index is -0.811. The third-order valence-corrected chi connectivity index (χ3v) is 13.8. The van der Waals surface area contributed by atoms with Crippen LogP contribution in [0.3, 0.4) is 0 Å². The number of rotatable bonds is 57. The highest BCUT2D eigenvalue weighted by molar-refractivity contribution is 5.72. The maximum atomic E-state index is 12.9. The Hall–Kier alpha value is -2.89. The fourth-order valence-corrected chi connectivity index (χ4v) is 9.17. The van der Waals surface area contributed by atoms with Gasteiger partial charge < -0.3 is 14.2 Å². The second-order valence-electron chi connectivity index (χ2n) is 21.0. The maximum absolute atomic E-state index is 12.9. The van der Waals surface area contributed by atoms with Gasteiger partial charge in [-0.3, -0.25) is 14.4 Å². The van der Waals surface area contributed by atoms with Crippen LogP contribution in [-0.2, 0) is 28.6 Å². The monoisotopic (exact) mass is 1010 g/mol. The van der Waals surface area contributed by atoms with Crippen molar-refractivity contribution in [1.29, 1.82) is 0 Å². The molecule has 1 atom stereocenters. The molecule has 0 fully saturated rings. The summed E-state index contributed by atoms with van der Waals surface area (Å²) in [4.78, 5) is 38.2. The van der Waals surface area contributed by atoms with Crippen LogP contribution >= 0.6 is 0 Å². The van der Waals surface area contributed by atoms with E-state index in [0.29, 0.717) is 12.8 Å². The quantitative estimate of drug-likeness (QED) is 0.0261. The molecule has 0 bridgehead atoms. The van der Waals surface area contributed by atoms with Crippen LogP contribution in [0.1, 0.15) is 323 Å². The third kappa shape index (κ3) is 58.0. The first-order valence-electron chi connectivity index (χ1n) is 31.3. The summed E-state index contributed by atoms with van der Waals surface area (Å²) in [6.45, 7) is 6.49. The van der Waals surface area contributed by atoms with Crippen molar-refractivity contribution in [2.24, 2.45) is 0 Å². The molecule has 0 saturated heterocycles. The molecule has 72 heavy (non-hydrogen) atoms. The third-order valence-electron chi connectivity index (χ3n) is 13.8. The van der Waals surface area contributed by atoms with Crippen molar-refractivity contribution in [2.45, 2.75) is 329 Å². The lowest BCUT2D eigenvalue weighted by molar-refractivity contribution is -0.166. The topological polar surface area (TPSA) is 78.9 Å². The molecule has 0 aliphatic carbocycles. The fraction of sp³-hybridized carbons (Fsp3) is 0.803. The maximum Gasteiger partial charge on any atom is 0.309 e. The standard InChI is InChI=1S/C66H118O6/c1-4-7-10-13-16-19-22-25-28-30-31-32-33-34-36-38-41-44-47-50-53-56-59-65(68)71-62-63(61-70-64(67)58-55-52-49-46-43-40-37-27-24-21-18-15-12-9-6-3)72-66(69)60-57-54-51-48-45-42-39-35-29-26-23-20-17-14-11-8-5-2/h9,12,18,21,27,37,43,46,52,55,63H,4-8,10-11,13-17,19-20,22-26,28-36,38-42,44-45,47-51,53-54,56-62H2,1-3H3/b12-9-,21-18-,37-27-,46-43-,55-52-. The Morgan fingerprint density at radius 3 is 0.847 bits per heavy atom. The summed E-state index contributed by atoms with van der Waals surface area (Å²) in [5.74, 6) is -1.01. The molecule has 0 N–H and O–H groups in total. The van der Waals surface area contributed by atoms with Gasteiger partial charge in [0.05, 0.1) is 6.42 Å². The van der Waals surface area contributed by atoms with Gasteiger partial charge in [0, 0.05) is 12.8 Å². The summed E-state index contributed by atoms with van der Waals surface area (Å²) in [6.07, 6.45) is 76.8. The van der Waals surface area contributed by atoms with Gasteiger partial charge in [-0.05, 0) is 44.9 Å². The molecule has 0 heterocycles. The highest BCUT2D eigenvalue weighted by Gasteiger charge is 2.19. The molecular weight excluding hydrogens is 889 g/mol. The van der Waals surface area contributed by atoms with Crippen LogP contribution in [-0.4, -0.2) is 37.2 Å². The number of ether oxygens (including phenoxy) is 3. The van der Waals surface area contributed by atoms with Gasteiger partial charge >= 0.3 is 17.9 Å². The predicted molar refractivity (Wildman–Crippen MR) is 312 cm³/mol. The summed E-state index contributed by atoms with van der Waals surface area (Å²) in [5, 5.41) is 0. The number of allylic oxidation sites excluding steroid dienone is 9. The van der Waals surface area contributed by atoms with Crippen molar-refractivity contribution in [3.63, 3.8) is 0 Å². The van der Waals surface area contributed by atoms with E-state index >= 15 is 0 Å². The number of unbranched alkanes of at least 4 members (excludes halogenated alkanes) is 37. The van der Waals surface area contributed by atoms with Gasteiger partial charge in [0.1, 0.15) is 13.2 Å². The lowest BCUT2D eigenvalue weighted by Crippen LogP contribution is -2.30. The molecule has 6 nitrogen and oxygen atoms in total. The van der Waals surface area contributed by atoms with Crippen LogP contribution in [0.4, 0.5) is 0 Å². The summed E-state index contributed by atoms with van der Waals surface area (Å²) >= 11 is 0. The average Bonchev–Trinajstić information content (AvgIpc) is 3.38. The highest BCUT2D eigenvalue weighted by atomic mass is 16.6. The van der Waals surface area contributed by atoms with Crippen LogP contribution < -0.4 is 0 Å². The molecule has 6 heteroatoms. The molecule has 0 aliphatic heterocycles.